The van der Waals surface area contributed by atoms with Gasteiger partial charge in [0, 0.05) is 18.5 Å². The number of amides is 2. The minimum atomic E-state index is -0.553. The van der Waals surface area contributed by atoms with Crippen LogP contribution >= 0.6 is 23.1 Å². The van der Waals surface area contributed by atoms with Gasteiger partial charge in [-0.25, -0.2) is 5.01 Å². The van der Waals surface area contributed by atoms with Crippen LogP contribution < -0.4 is 5.32 Å². The number of carbonyl (C=O) groups excluding carboxylic acids is 2. The van der Waals surface area contributed by atoms with Crippen LogP contribution in [0.5, 0.6) is 0 Å². The van der Waals surface area contributed by atoms with Crippen molar-refractivity contribution in [2.24, 2.45) is 10.1 Å². The summed E-state index contributed by atoms with van der Waals surface area (Å²) in [6.07, 6.45) is 0.798. The molecule has 0 fully saturated rings. The molecule has 2 aliphatic heterocycles. The molecule has 1 aromatic heterocycles. The molecule has 166 valence electrons. The van der Waals surface area contributed by atoms with E-state index < -0.39 is 5.25 Å². The molecule has 2 aromatic carbocycles. The predicted octanol–water partition coefficient (Wildman–Crippen LogP) is 5.23. The molecule has 0 spiro atoms. The second-order valence-electron chi connectivity index (χ2n) is 7.96. The number of hydrogen-bond donors (Lipinski definition) is 1. The van der Waals surface area contributed by atoms with Gasteiger partial charge < -0.3 is 5.32 Å². The van der Waals surface area contributed by atoms with Crippen LogP contribution in [0.3, 0.4) is 0 Å². The van der Waals surface area contributed by atoms with Crippen molar-refractivity contribution in [3.05, 3.63) is 88.1 Å². The number of aliphatic imine (C=N–C) groups is 1. The van der Waals surface area contributed by atoms with E-state index in [0.29, 0.717) is 5.17 Å². The molecule has 0 aliphatic carbocycles. The summed E-state index contributed by atoms with van der Waals surface area (Å²) in [6, 6.07) is 21.7. The monoisotopic (exact) mass is 474 g/mol. The van der Waals surface area contributed by atoms with Gasteiger partial charge in [0.05, 0.1) is 16.6 Å². The third kappa shape index (κ3) is 4.77. The SMILES string of the molecule is Cc1ccc(NC(=O)C[C@H]2SC(N3N=C(c4cccs4)C[C@H]3c3ccccc3)=NC2=O)cc1. The number of hydrogen-bond acceptors (Lipinski definition) is 6. The number of aryl methyl sites for hydroxylation is 1. The van der Waals surface area contributed by atoms with Crippen LogP contribution in [0.25, 0.3) is 0 Å². The maximum Gasteiger partial charge on any atom is 0.262 e. The smallest absolute Gasteiger partial charge is 0.262 e. The van der Waals surface area contributed by atoms with E-state index >= 15 is 0 Å². The van der Waals surface area contributed by atoms with Crippen molar-refractivity contribution < 1.29 is 9.59 Å². The summed E-state index contributed by atoms with van der Waals surface area (Å²) >= 11 is 2.97. The summed E-state index contributed by atoms with van der Waals surface area (Å²) < 4.78 is 0. The van der Waals surface area contributed by atoms with Gasteiger partial charge in [-0.3, -0.25) is 9.59 Å². The first-order chi connectivity index (χ1) is 16.1. The second kappa shape index (κ2) is 9.33. The van der Waals surface area contributed by atoms with E-state index in [1.807, 2.05) is 65.8 Å². The molecule has 33 heavy (non-hydrogen) atoms. The topological polar surface area (TPSA) is 74.1 Å². The van der Waals surface area contributed by atoms with Gasteiger partial charge in [0.2, 0.25) is 5.91 Å². The summed E-state index contributed by atoms with van der Waals surface area (Å²) in [5.41, 5.74) is 3.93. The number of carbonyl (C=O) groups is 2. The predicted molar refractivity (Wildman–Crippen MR) is 135 cm³/mol. The Morgan fingerprint density at radius 1 is 1.09 bits per heavy atom. The molecule has 3 aromatic rings. The number of benzene rings is 2. The van der Waals surface area contributed by atoms with E-state index in [-0.39, 0.29) is 24.3 Å². The molecular formula is C25H22N4O2S2. The zero-order valence-corrected chi connectivity index (χ0v) is 19.6. The molecule has 6 nitrogen and oxygen atoms in total. The van der Waals surface area contributed by atoms with Gasteiger partial charge in [0.15, 0.2) is 5.17 Å². The Morgan fingerprint density at radius 2 is 1.88 bits per heavy atom. The van der Waals surface area contributed by atoms with Crippen molar-refractivity contribution in [3.8, 4) is 0 Å². The summed E-state index contributed by atoms with van der Waals surface area (Å²) in [4.78, 5) is 30.6. The minimum absolute atomic E-state index is 0.0394. The van der Waals surface area contributed by atoms with E-state index in [4.69, 9.17) is 5.10 Å². The highest BCUT2D eigenvalue weighted by Gasteiger charge is 2.39. The van der Waals surface area contributed by atoms with E-state index in [9.17, 15) is 9.59 Å². The normalized spacial score (nSPS) is 20.0. The number of nitrogens with one attached hydrogen (secondary N) is 1. The maximum atomic E-state index is 12.7. The molecule has 1 N–H and O–H groups in total. The summed E-state index contributed by atoms with van der Waals surface area (Å²) in [5, 5.41) is 11.6. The van der Waals surface area contributed by atoms with Crippen molar-refractivity contribution in [2.75, 3.05) is 5.32 Å². The van der Waals surface area contributed by atoms with Gasteiger partial charge in [0.1, 0.15) is 5.25 Å². The van der Waals surface area contributed by atoms with Crippen LogP contribution in [0.1, 0.15) is 34.9 Å². The second-order valence-corrected chi connectivity index (χ2v) is 10.1. The third-order valence-electron chi connectivity index (χ3n) is 5.53. The average molecular weight is 475 g/mol. The van der Waals surface area contributed by atoms with Gasteiger partial charge in [-0.05, 0) is 36.1 Å². The molecule has 2 aliphatic rings. The van der Waals surface area contributed by atoms with Crippen molar-refractivity contribution >= 4 is 51.5 Å². The molecule has 8 heteroatoms. The average Bonchev–Trinajstić information content (AvgIpc) is 3.56. The molecular weight excluding hydrogens is 452 g/mol. The standard InChI is InChI=1S/C25H22N4O2S2/c1-16-9-11-18(12-10-16)26-23(30)15-22-24(31)27-25(33-22)29-20(17-6-3-2-4-7-17)14-19(28-29)21-8-5-13-32-21/h2-13,20,22H,14-15H2,1H3,(H,26,30)/t20-,22+/m0/s1. The van der Waals surface area contributed by atoms with Gasteiger partial charge in [0.25, 0.3) is 5.91 Å². The van der Waals surface area contributed by atoms with Crippen molar-refractivity contribution in [1.82, 2.24) is 5.01 Å². The number of hydrazone groups is 1. The number of nitrogens with zero attached hydrogens (tertiary/aromatic N) is 3. The van der Waals surface area contributed by atoms with Crippen molar-refractivity contribution in [3.63, 3.8) is 0 Å². The quantitative estimate of drug-likeness (QED) is 0.549. The molecule has 0 bridgehead atoms. The van der Waals surface area contributed by atoms with E-state index in [0.717, 1.165) is 33.8 Å². The van der Waals surface area contributed by atoms with E-state index in [1.165, 1.54) is 11.8 Å². The van der Waals surface area contributed by atoms with Gasteiger partial charge in [-0.1, -0.05) is 65.9 Å². The molecule has 2 amide bonds. The molecule has 0 saturated carbocycles. The molecule has 3 heterocycles. The highest BCUT2D eigenvalue weighted by atomic mass is 32.2. The van der Waals surface area contributed by atoms with Crippen LogP contribution in [-0.4, -0.2) is 33.0 Å². The fourth-order valence-corrected chi connectivity index (χ4v) is 5.62. The van der Waals surface area contributed by atoms with Gasteiger partial charge in [-0.15, -0.1) is 11.3 Å². The lowest BCUT2D eigenvalue weighted by Gasteiger charge is -2.23. The number of amidine groups is 1. The van der Waals surface area contributed by atoms with E-state index in [2.05, 4.69) is 28.5 Å². The van der Waals surface area contributed by atoms with Crippen molar-refractivity contribution in [2.45, 2.75) is 31.1 Å². The summed E-state index contributed by atoms with van der Waals surface area (Å²) in [6.45, 7) is 1.99. The first-order valence-electron chi connectivity index (χ1n) is 10.7. The number of thioether (sulfide) groups is 1. The first-order valence-corrected chi connectivity index (χ1v) is 12.4. The Hall–Kier alpha value is -3.23. The van der Waals surface area contributed by atoms with Crippen LogP contribution in [0, 0.1) is 6.92 Å². The van der Waals surface area contributed by atoms with Crippen molar-refractivity contribution in [1.29, 1.82) is 0 Å². The third-order valence-corrected chi connectivity index (χ3v) is 7.59. The lowest BCUT2D eigenvalue weighted by atomic mass is 10.0. The molecule has 0 unspecified atom stereocenters. The zero-order valence-electron chi connectivity index (χ0n) is 18.0. The molecule has 0 saturated heterocycles. The Morgan fingerprint density at radius 3 is 2.61 bits per heavy atom. The largest absolute Gasteiger partial charge is 0.326 e. The fourth-order valence-electron chi connectivity index (χ4n) is 3.83. The molecule has 2 atom stereocenters. The van der Waals surface area contributed by atoms with Crippen LogP contribution in [0.2, 0.25) is 0 Å². The lowest BCUT2D eigenvalue weighted by Crippen LogP contribution is -2.25. The van der Waals surface area contributed by atoms with Crippen LogP contribution in [-0.2, 0) is 9.59 Å². The van der Waals surface area contributed by atoms with Crippen LogP contribution in [0.15, 0.2) is 82.2 Å². The fraction of sp³-hybridized carbons (Fsp3) is 0.200. The number of thiophene rings is 1. The van der Waals surface area contributed by atoms with Crippen LogP contribution in [0.4, 0.5) is 5.69 Å². The molecule has 5 rings (SSSR count). The highest BCUT2D eigenvalue weighted by molar-refractivity contribution is 8.15. The zero-order chi connectivity index (χ0) is 22.8. The maximum absolute atomic E-state index is 12.7. The van der Waals surface area contributed by atoms with Gasteiger partial charge in [-0.2, -0.15) is 10.1 Å². The summed E-state index contributed by atoms with van der Waals surface area (Å²) in [7, 11) is 0. The summed E-state index contributed by atoms with van der Waals surface area (Å²) in [5.74, 6) is -0.495. The molecule has 0 radical (unpaired) electrons. The Balaban J connectivity index is 1.32. The highest BCUT2D eigenvalue weighted by Crippen LogP contribution is 2.39. The Kier molecular flexibility index (Phi) is 6.11. The minimum Gasteiger partial charge on any atom is -0.326 e. The van der Waals surface area contributed by atoms with Gasteiger partial charge >= 0.3 is 0 Å². The lowest BCUT2D eigenvalue weighted by molar-refractivity contribution is -0.121. The Bertz CT molecular complexity index is 1220. The number of anilines is 1. The van der Waals surface area contributed by atoms with E-state index in [1.54, 1.807) is 11.3 Å². The first kappa shape index (κ1) is 21.6. The number of rotatable bonds is 5. The Labute approximate surface area is 200 Å².